The summed E-state index contributed by atoms with van der Waals surface area (Å²) >= 11 is 1.99. The van der Waals surface area contributed by atoms with E-state index < -0.39 is 11.9 Å². The first-order valence-corrected chi connectivity index (χ1v) is 9.73. The Balaban J connectivity index is 0.000000195. The highest BCUT2D eigenvalue weighted by Crippen LogP contribution is 2.48. The minimum Gasteiger partial charge on any atom is -0.478 e. The molecule has 0 saturated carbocycles. The lowest BCUT2D eigenvalue weighted by molar-refractivity contribution is -0.134. The highest BCUT2D eigenvalue weighted by atomic mass is 32.1. The summed E-state index contributed by atoms with van der Waals surface area (Å²) in [6.07, 6.45) is 4.86. The molecule has 1 aromatic carbocycles. The molecular formula is C20H20N2O4S. The van der Waals surface area contributed by atoms with Gasteiger partial charge in [0.25, 0.3) is 0 Å². The highest BCUT2D eigenvalue weighted by molar-refractivity contribution is 7.12. The van der Waals surface area contributed by atoms with Crippen LogP contribution in [-0.4, -0.2) is 51.7 Å². The van der Waals surface area contributed by atoms with E-state index in [0.717, 1.165) is 6.42 Å². The van der Waals surface area contributed by atoms with Gasteiger partial charge in [0.15, 0.2) is 0 Å². The molecule has 3 heterocycles. The zero-order valence-corrected chi connectivity index (χ0v) is 15.5. The van der Waals surface area contributed by atoms with Gasteiger partial charge in [0.05, 0.1) is 5.69 Å². The third-order valence-corrected chi connectivity index (χ3v) is 6.78. The van der Waals surface area contributed by atoms with Gasteiger partial charge in [-0.25, -0.2) is 14.6 Å². The van der Waals surface area contributed by atoms with E-state index in [0.29, 0.717) is 17.6 Å². The van der Waals surface area contributed by atoms with Gasteiger partial charge in [0.1, 0.15) is 5.01 Å². The molecule has 1 aliphatic carbocycles. The number of carboxylic acid groups (broad SMARTS) is 2. The zero-order valence-electron chi connectivity index (χ0n) is 14.7. The van der Waals surface area contributed by atoms with E-state index in [4.69, 9.17) is 15.2 Å². The van der Waals surface area contributed by atoms with Crippen molar-refractivity contribution in [1.82, 2.24) is 9.88 Å². The maximum absolute atomic E-state index is 9.55. The van der Waals surface area contributed by atoms with Crippen LogP contribution in [0.2, 0.25) is 0 Å². The van der Waals surface area contributed by atoms with Gasteiger partial charge in [-0.1, -0.05) is 24.3 Å². The molecule has 1 aromatic heterocycles. The number of nitrogens with zero attached hydrogens (tertiary/aromatic N) is 2. The van der Waals surface area contributed by atoms with Crippen molar-refractivity contribution in [3.05, 3.63) is 51.9 Å². The molecule has 0 amide bonds. The second-order valence-electron chi connectivity index (χ2n) is 7.19. The number of benzene rings is 1. The van der Waals surface area contributed by atoms with E-state index in [-0.39, 0.29) is 0 Å². The lowest BCUT2D eigenvalue weighted by atomic mass is 9.85. The van der Waals surface area contributed by atoms with Crippen LogP contribution in [0.5, 0.6) is 0 Å². The van der Waals surface area contributed by atoms with Gasteiger partial charge in [-0.05, 0) is 31.5 Å². The lowest BCUT2D eigenvalue weighted by Gasteiger charge is -2.22. The second-order valence-corrected chi connectivity index (χ2v) is 8.27. The molecule has 0 spiro atoms. The lowest BCUT2D eigenvalue weighted by Crippen LogP contribution is -2.24. The molecule has 6 nitrogen and oxygen atoms in total. The summed E-state index contributed by atoms with van der Waals surface area (Å²) in [5, 5.41) is 17.0. The number of piperidine rings is 1. The molecule has 3 aliphatic rings. The predicted molar refractivity (Wildman–Crippen MR) is 102 cm³/mol. The Labute approximate surface area is 160 Å². The molecule has 0 atom stereocenters. The van der Waals surface area contributed by atoms with Crippen molar-refractivity contribution in [3.8, 4) is 11.3 Å². The number of hydrogen-bond acceptors (Lipinski definition) is 5. The fourth-order valence-corrected chi connectivity index (χ4v) is 5.47. The molecule has 7 heteroatoms. The number of carboxylic acids is 2. The average Bonchev–Trinajstić information content (AvgIpc) is 3.39. The number of hydrogen-bond donors (Lipinski definition) is 2. The monoisotopic (exact) mass is 384 g/mol. The molecule has 2 aliphatic heterocycles. The number of carbonyl (C=O) groups is 2. The third kappa shape index (κ3) is 3.40. The van der Waals surface area contributed by atoms with Gasteiger partial charge < -0.3 is 15.1 Å². The topological polar surface area (TPSA) is 90.7 Å². The molecule has 140 valence electrons. The average molecular weight is 384 g/mol. The van der Waals surface area contributed by atoms with E-state index in [1.807, 2.05) is 11.3 Å². The number of rotatable bonds is 3. The van der Waals surface area contributed by atoms with Gasteiger partial charge in [-0.3, -0.25) is 0 Å². The van der Waals surface area contributed by atoms with Crippen LogP contribution >= 0.6 is 11.3 Å². The summed E-state index contributed by atoms with van der Waals surface area (Å²) in [4.78, 5) is 28.3. The molecule has 2 N–H and O–H groups in total. The summed E-state index contributed by atoms with van der Waals surface area (Å²) in [6, 6.07) is 8.76. The Morgan fingerprint density at radius 3 is 2.37 bits per heavy atom. The van der Waals surface area contributed by atoms with Gasteiger partial charge in [0.2, 0.25) is 0 Å². The maximum atomic E-state index is 9.55. The van der Waals surface area contributed by atoms with Crippen molar-refractivity contribution in [2.75, 3.05) is 19.6 Å². The van der Waals surface area contributed by atoms with E-state index in [1.54, 1.807) is 0 Å². The van der Waals surface area contributed by atoms with Crippen LogP contribution in [0, 0.1) is 0 Å². The van der Waals surface area contributed by atoms with Crippen LogP contribution in [0.3, 0.4) is 0 Å². The molecule has 2 aromatic rings. The quantitative estimate of drug-likeness (QED) is 0.675. The van der Waals surface area contributed by atoms with E-state index in [1.165, 1.54) is 59.2 Å². The number of aromatic nitrogens is 1. The van der Waals surface area contributed by atoms with Crippen molar-refractivity contribution in [2.24, 2.45) is 0 Å². The number of fused-ring (bicyclic) bond motifs is 5. The van der Waals surface area contributed by atoms with Crippen LogP contribution in [0.15, 0.2) is 36.4 Å². The first-order chi connectivity index (χ1) is 13.0. The predicted octanol–water partition coefficient (Wildman–Crippen LogP) is 2.77. The highest BCUT2D eigenvalue weighted by Gasteiger charge is 2.47. The fourth-order valence-electron chi connectivity index (χ4n) is 4.14. The molecule has 2 bridgehead atoms. The van der Waals surface area contributed by atoms with Crippen molar-refractivity contribution in [1.29, 1.82) is 0 Å². The van der Waals surface area contributed by atoms with E-state index in [2.05, 4.69) is 29.2 Å². The van der Waals surface area contributed by atoms with Crippen molar-refractivity contribution in [2.45, 2.75) is 24.7 Å². The Bertz CT molecular complexity index is 910. The molecule has 27 heavy (non-hydrogen) atoms. The van der Waals surface area contributed by atoms with Crippen LogP contribution in [0.4, 0.5) is 0 Å². The minimum absolute atomic E-state index is 0.407. The molecule has 0 radical (unpaired) electrons. The zero-order chi connectivity index (χ0) is 19.0. The molecular weight excluding hydrogens is 364 g/mol. The summed E-state index contributed by atoms with van der Waals surface area (Å²) in [5.41, 5.74) is 4.53. The summed E-state index contributed by atoms with van der Waals surface area (Å²) in [6.45, 7) is 3.81. The van der Waals surface area contributed by atoms with Crippen LogP contribution in [-0.2, 0) is 21.4 Å². The number of aliphatic carboxylic acids is 2. The van der Waals surface area contributed by atoms with Crippen molar-refractivity contribution >= 4 is 23.3 Å². The standard InChI is InChI=1S/C16H16N2S.C4H4O4/c1-2-4-12-11(3-1)9-13-14(12)17-15(19-13)16-5-7-18(10-16)8-6-16;5-3(6)1-2-4(7)8/h1-4H,5-10H2;1-2H,(H,5,6)(H,7,8). The Morgan fingerprint density at radius 1 is 1.11 bits per heavy atom. The van der Waals surface area contributed by atoms with E-state index in [9.17, 15) is 9.59 Å². The largest absolute Gasteiger partial charge is 0.478 e. The van der Waals surface area contributed by atoms with Crippen LogP contribution in [0.1, 0.15) is 28.3 Å². The van der Waals surface area contributed by atoms with Crippen LogP contribution < -0.4 is 0 Å². The SMILES string of the molecule is O=C(O)C=CC(=O)O.c1ccc2c(c1)Cc1sc(C34CCN(CC3)C4)nc1-2. The summed E-state index contributed by atoms with van der Waals surface area (Å²) in [5.74, 6) is -2.51. The number of thiazole rings is 1. The minimum atomic E-state index is -1.26. The molecule has 0 unspecified atom stereocenters. The van der Waals surface area contributed by atoms with Gasteiger partial charge in [0, 0.05) is 41.0 Å². The van der Waals surface area contributed by atoms with Crippen molar-refractivity contribution in [3.63, 3.8) is 0 Å². The smallest absolute Gasteiger partial charge is 0.328 e. The second kappa shape index (κ2) is 6.90. The summed E-state index contributed by atoms with van der Waals surface area (Å²) < 4.78 is 0. The maximum Gasteiger partial charge on any atom is 0.328 e. The third-order valence-electron chi connectivity index (χ3n) is 5.48. The first-order valence-electron chi connectivity index (χ1n) is 8.92. The molecule has 2 saturated heterocycles. The van der Waals surface area contributed by atoms with Crippen molar-refractivity contribution < 1.29 is 19.8 Å². The van der Waals surface area contributed by atoms with E-state index >= 15 is 0 Å². The van der Waals surface area contributed by atoms with Gasteiger partial charge in [-0.2, -0.15) is 0 Å². The van der Waals surface area contributed by atoms with Gasteiger partial charge >= 0.3 is 11.9 Å². The molecule has 5 rings (SSSR count). The Kier molecular flexibility index (Phi) is 4.57. The normalized spacial score (nSPS) is 24.4. The Morgan fingerprint density at radius 2 is 1.78 bits per heavy atom. The fraction of sp³-hybridized carbons (Fsp3) is 0.350. The summed E-state index contributed by atoms with van der Waals surface area (Å²) in [7, 11) is 0. The molecule has 2 fully saturated rings. The first kappa shape index (κ1) is 17.9. The Hall–Kier alpha value is -2.51. The van der Waals surface area contributed by atoms with Crippen LogP contribution in [0.25, 0.3) is 11.3 Å². The van der Waals surface area contributed by atoms with Gasteiger partial charge in [-0.15, -0.1) is 11.3 Å².